The van der Waals surface area contributed by atoms with Gasteiger partial charge >= 0.3 is 11.9 Å². The Hall–Kier alpha value is -2.48. The third-order valence-electron chi connectivity index (χ3n) is 10.4. The van der Waals surface area contributed by atoms with E-state index in [4.69, 9.17) is 9.47 Å². The molecule has 2 saturated heterocycles. The summed E-state index contributed by atoms with van der Waals surface area (Å²) in [5, 5.41) is 16.2. The minimum Gasteiger partial charge on any atom is -0.490 e. The first-order valence-electron chi connectivity index (χ1n) is 16.1. The summed E-state index contributed by atoms with van der Waals surface area (Å²) in [6.45, 7) is 12.4. The highest BCUT2D eigenvalue weighted by Crippen LogP contribution is 2.40. The molecule has 1 aliphatic carbocycles. The molecular formula is C35H50N2O5. The van der Waals surface area contributed by atoms with Crippen LogP contribution in [0.3, 0.4) is 0 Å². The number of nitrogens with zero attached hydrogens (tertiary/aromatic N) is 1. The lowest BCUT2D eigenvalue weighted by molar-refractivity contribution is -0.183. The molecule has 2 N–H and O–H groups in total. The molecule has 230 valence electrons. The highest BCUT2D eigenvalue weighted by Gasteiger charge is 2.46. The van der Waals surface area contributed by atoms with E-state index in [1.165, 1.54) is 29.2 Å². The summed E-state index contributed by atoms with van der Waals surface area (Å²) in [5.74, 6) is 0.468. The van der Waals surface area contributed by atoms with Crippen LogP contribution in [0.2, 0.25) is 0 Å². The fourth-order valence-electron chi connectivity index (χ4n) is 7.12. The minimum atomic E-state index is -1.56. The minimum absolute atomic E-state index is 0.269. The van der Waals surface area contributed by atoms with Gasteiger partial charge in [-0.2, -0.15) is 0 Å². The van der Waals surface area contributed by atoms with Crippen molar-refractivity contribution in [3.8, 4) is 5.75 Å². The van der Waals surface area contributed by atoms with E-state index >= 15 is 0 Å². The number of carbonyl (C=O) groups is 2. The molecule has 0 atom stereocenters. The molecule has 5 rings (SSSR count). The monoisotopic (exact) mass is 578 g/mol. The first kappa shape index (κ1) is 31.0. The van der Waals surface area contributed by atoms with E-state index in [2.05, 4.69) is 67.4 Å². The first-order chi connectivity index (χ1) is 20.0. The predicted molar refractivity (Wildman–Crippen MR) is 165 cm³/mol. The number of ether oxygens (including phenoxy) is 2. The molecule has 7 nitrogen and oxygen atoms in total. The van der Waals surface area contributed by atoms with Crippen molar-refractivity contribution in [3.63, 3.8) is 0 Å². The van der Waals surface area contributed by atoms with E-state index in [9.17, 15) is 14.7 Å². The summed E-state index contributed by atoms with van der Waals surface area (Å²) in [7, 11) is 0. The number of hydrogen-bond acceptors (Lipinski definition) is 7. The second-order valence-corrected chi connectivity index (χ2v) is 14.2. The zero-order chi connectivity index (χ0) is 30.0. The second-order valence-electron chi connectivity index (χ2n) is 14.2. The molecule has 2 aliphatic heterocycles. The molecule has 0 unspecified atom stereocenters. The van der Waals surface area contributed by atoms with Gasteiger partial charge in [-0.05, 0) is 130 Å². The quantitative estimate of drug-likeness (QED) is 0.308. The van der Waals surface area contributed by atoms with Gasteiger partial charge in [-0.15, -0.1) is 0 Å². The summed E-state index contributed by atoms with van der Waals surface area (Å²) in [4.78, 5) is 28.2. The maximum atomic E-state index is 13.2. The SMILES string of the molecule is CCC1(C(=O)OC(=O)C2(O)CCNCC2)CCN(Cc2ccc3cc(OC4CCC(C(C)(C)C)CC4)ccc3c2)CC1. The van der Waals surface area contributed by atoms with Gasteiger partial charge in [0.25, 0.3) is 0 Å². The normalized spacial score (nSPS) is 24.7. The Morgan fingerprint density at radius 1 is 0.929 bits per heavy atom. The maximum absolute atomic E-state index is 13.2. The van der Waals surface area contributed by atoms with Gasteiger partial charge < -0.3 is 19.9 Å². The molecule has 0 bridgehead atoms. The Morgan fingerprint density at radius 2 is 1.57 bits per heavy atom. The van der Waals surface area contributed by atoms with Gasteiger partial charge in [0.1, 0.15) is 5.75 Å². The van der Waals surface area contributed by atoms with E-state index in [1.807, 2.05) is 6.92 Å². The largest absolute Gasteiger partial charge is 0.490 e. The fourth-order valence-corrected chi connectivity index (χ4v) is 7.12. The predicted octanol–water partition coefficient (Wildman–Crippen LogP) is 6.00. The summed E-state index contributed by atoms with van der Waals surface area (Å²) < 4.78 is 11.7. The topological polar surface area (TPSA) is 88.1 Å². The summed E-state index contributed by atoms with van der Waals surface area (Å²) in [6, 6.07) is 13.1. The smallest absolute Gasteiger partial charge is 0.345 e. The summed E-state index contributed by atoms with van der Waals surface area (Å²) in [6.07, 6.45) is 7.47. The van der Waals surface area contributed by atoms with E-state index in [-0.39, 0.29) is 12.8 Å². The molecule has 2 aromatic carbocycles. The van der Waals surface area contributed by atoms with Crippen molar-refractivity contribution in [1.29, 1.82) is 0 Å². The maximum Gasteiger partial charge on any atom is 0.345 e. The lowest BCUT2D eigenvalue weighted by Gasteiger charge is -2.40. The number of fused-ring (bicyclic) bond motifs is 1. The molecule has 0 aromatic heterocycles. The van der Waals surface area contributed by atoms with Crippen LogP contribution in [0, 0.1) is 16.7 Å². The Labute approximate surface area is 251 Å². The van der Waals surface area contributed by atoms with Gasteiger partial charge in [-0.1, -0.05) is 45.9 Å². The third-order valence-corrected chi connectivity index (χ3v) is 10.4. The zero-order valence-electron chi connectivity index (χ0n) is 26.0. The van der Waals surface area contributed by atoms with Crippen LogP contribution in [-0.4, -0.2) is 59.8 Å². The van der Waals surface area contributed by atoms with Crippen molar-refractivity contribution in [2.75, 3.05) is 26.2 Å². The molecule has 2 aromatic rings. The van der Waals surface area contributed by atoms with Crippen LogP contribution in [0.1, 0.15) is 91.0 Å². The average molecular weight is 579 g/mol. The second kappa shape index (κ2) is 12.6. The van der Waals surface area contributed by atoms with Crippen LogP contribution < -0.4 is 10.1 Å². The summed E-state index contributed by atoms with van der Waals surface area (Å²) >= 11 is 0. The molecule has 42 heavy (non-hydrogen) atoms. The lowest BCUT2D eigenvalue weighted by Crippen LogP contribution is -2.51. The van der Waals surface area contributed by atoms with Crippen LogP contribution in [-0.2, 0) is 20.9 Å². The zero-order valence-corrected chi connectivity index (χ0v) is 26.0. The molecule has 0 amide bonds. The van der Waals surface area contributed by atoms with Gasteiger partial charge in [0.2, 0.25) is 0 Å². The van der Waals surface area contributed by atoms with Crippen molar-refractivity contribution in [2.24, 2.45) is 16.7 Å². The molecule has 2 heterocycles. The van der Waals surface area contributed by atoms with Gasteiger partial charge in [-0.25, -0.2) is 4.79 Å². The third kappa shape index (κ3) is 7.00. The first-order valence-corrected chi connectivity index (χ1v) is 16.1. The van der Waals surface area contributed by atoms with Crippen LogP contribution in [0.5, 0.6) is 5.75 Å². The van der Waals surface area contributed by atoms with Gasteiger partial charge in [0.05, 0.1) is 11.5 Å². The Bertz CT molecular complexity index is 1250. The van der Waals surface area contributed by atoms with Crippen LogP contribution >= 0.6 is 0 Å². The van der Waals surface area contributed by atoms with E-state index in [1.54, 1.807) is 0 Å². The molecular weight excluding hydrogens is 528 g/mol. The number of esters is 2. The van der Waals surface area contributed by atoms with Crippen LogP contribution in [0.4, 0.5) is 0 Å². The number of aliphatic hydroxyl groups is 1. The Morgan fingerprint density at radius 3 is 2.21 bits per heavy atom. The number of piperidine rings is 2. The van der Waals surface area contributed by atoms with Gasteiger partial charge in [0.15, 0.2) is 5.60 Å². The van der Waals surface area contributed by atoms with Gasteiger partial charge in [0, 0.05) is 6.54 Å². The Kier molecular flexibility index (Phi) is 9.31. The number of likely N-dealkylation sites (tertiary alicyclic amines) is 1. The standard InChI is InChI=1S/C35H50N2O5/c1-5-34(31(38)42-32(39)35(40)14-18-36-19-15-35)16-20-37(21-17-34)24-25-6-7-27-23-30(11-8-26(27)22-25)41-29-12-9-28(10-13-29)33(2,3)4/h6-8,11,22-23,28-29,36,40H,5,9-10,12-21,24H2,1-4H3. The average Bonchev–Trinajstić information content (AvgIpc) is 2.98. The van der Waals surface area contributed by atoms with Crippen molar-refractivity contribution >= 4 is 22.7 Å². The lowest BCUT2D eigenvalue weighted by atomic mass is 9.72. The molecule has 0 radical (unpaired) electrons. The molecule has 0 spiro atoms. The van der Waals surface area contributed by atoms with Gasteiger partial charge in [-0.3, -0.25) is 9.69 Å². The highest BCUT2D eigenvalue weighted by atomic mass is 16.6. The van der Waals surface area contributed by atoms with Crippen molar-refractivity contribution in [2.45, 2.75) is 104 Å². The fraction of sp³-hybridized carbons (Fsp3) is 0.657. The van der Waals surface area contributed by atoms with Crippen LogP contribution in [0.15, 0.2) is 36.4 Å². The number of rotatable bonds is 7. The van der Waals surface area contributed by atoms with Crippen molar-refractivity contribution in [3.05, 3.63) is 42.0 Å². The summed E-state index contributed by atoms with van der Waals surface area (Å²) in [5.41, 5.74) is -0.625. The van der Waals surface area contributed by atoms with Crippen molar-refractivity contribution < 1.29 is 24.2 Å². The van der Waals surface area contributed by atoms with E-state index in [0.717, 1.165) is 44.1 Å². The number of benzene rings is 2. The molecule has 3 fully saturated rings. The molecule has 7 heteroatoms. The molecule has 3 aliphatic rings. The number of hydrogen-bond donors (Lipinski definition) is 2. The van der Waals surface area contributed by atoms with Crippen LogP contribution in [0.25, 0.3) is 10.8 Å². The Balaban J connectivity index is 1.14. The number of carbonyl (C=O) groups excluding carboxylic acids is 2. The molecule has 1 saturated carbocycles. The highest BCUT2D eigenvalue weighted by molar-refractivity contribution is 5.93. The van der Waals surface area contributed by atoms with E-state index in [0.29, 0.717) is 43.9 Å². The van der Waals surface area contributed by atoms with Crippen molar-refractivity contribution in [1.82, 2.24) is 10.2 Å². The number of nitrogens with one attached hydrogen (secondary N) is 1. The van der Waals surface area contributed by atoms with E-state index < -0.39 is 23.0 Å².